The normalized spacial score (nSPS) is 33.6. The minimum atomic E-state index is -1.08. The molecule has 5 atom stereocenters. The predicted molar refractivity (Wildman–Crippen MR) is 136 cm³/mol. The minimum Gasteiger partial charge on any atom is -0.393 e. The Kier molecular flexibility index (Phi) is 6.64. The lowest BCUT2D eigenvalue weighted by atomic mass is 9.51. The van der Waals surface area contributed by atoms with Crippen molar-refractivity contribution in [2.45, 2.75) is 70.3 Å². The van der Waals surface area contributed by atoms with E-state index in [-0.39, 0.29) is 23.7 Å². The fourth-order valence-corrected chi connectivity index (χ4v) is 7.44. The monoisotopic (exact) mass is 492 g/mol. The van der Waals surface area contributed by atoms with Gasteiger partial charge in [-0.3, -0.25) is 9.63 Å². The van der Waals surface area contributed by atoms with E-state index >= 15 is 0 Å². The molecule has 7 nitrogen and oxygen atoms in total. The average Bonchev–Trinajstić information content (AvgIpc) is 3.14. The number of ketones is 1. The Morgan fingerprint density at radius 1 is 1.22 bits per heavy atom. The molecule has 1 amide bonds. The number of aliphatic hydroxyl groups is 2. The molecule has 1 aromatic carbocycles. The molecule has 2 unspecified atom stereocenters. The van der Waals surface area contributed by atoms with Crippen molar-refractivity contribution in [2.24, 2.45) is 22.4 Å². The van der Waals surface area contributed by atoms with Crippen molar-refractivity contribution < 1.29 is 24.6 Å². The van der Waals surface area contributed by atoms with E-state index < -0.39 is 11.7 Å². The number of allylic oxidation sites excluding steroid dienone is 4. The van der Waals surface area contributed by atoms with Gasteiger partial charge in [0.05, 0.1) is 18.4 Å². The van der Waals surface area contributed by atoms with E-state index in [1.807, 2.05) is 25.1 Å². The van der Waals surface area contributed by atoms with E-state index in [1.165, 1.54) is 22.9 Å². The second kappa shape index (κ2) is 9.60. The summed E-state index contributed by atoms with van der Waals surface area (Å²) in [6, 6.07) is 8.10. The van der Waals surface area contributed by atoms with Crippen LogP contribution in [0.4, 0.5) is 4.79 Å². The molecular formula is C29H36N2O5. The number of oxime groups is 1. The first-order valence-corrected chi connectivity index (χ1v) is 13.2. The average molecular weight is 493 g/mol. The molecule has 2 saturated carbocycles. The predicted octanol–water partition coefficient (Wildman–Crippen LogP) is 4.39. The zero-order chi connectivity index (χ0) is 25.5. The Morgan fingerprint density at radius 3 is 2.72 bits per heavy atom. The third kappa shape index (κ3) is 4.12. The fraction of sp³-hybridized carbons (Fsp3) is 0.552. The van der Waals surface area contributed by atoms with Crippen molar-refractivity contribution in [2.75, 3.05) is 13.2 Å². The molecule has 36 heavy (non-hydrogen) atoms. The van der Waals surface area contributed by atoms with Gasteiger partial charge in [-0.05, 0) is 85.6 Å². The third-order valence-corrected chi connectivity index (χ3v) is 9.32. The van der Waals surface area contributed by atoms with Gasteiger partial charge in [-0.15, -0.1) is 0 Å². The maximum Gasteiger partial charge on any atom is 0.433 e. The van der Waals surface area contributed by atoms with Gasteiger partial charge < -0.3 is 15.5 Å². The van der Waals surface area contributed by atoms with Crippen LogP contribution in [0.3, 0.4) is 0 Å². The maximum atomic E-state index is 12.2. The number of carbonyl (C=O) groups is 2. The van der Waals surface area contributed by atoms with Gasteiger partial charge in [0.2, 0.25) is 0 Å². The van der Waals surface area contributed by atoms with E-state index in [1.54, 1.807) is 0 Å². The third-order valence-electron chi connectivity index (χ3n) is 9.32. The first-order valence-electron chi connectivity index (χ1n) is 13.2. The lowest BCUT2D eigenvalue weighted by Gasteiger charge is -2.54. The van der Waals surface area contributed by atoms with Gasteiger partial charge in [-0.25, -0.2) is 4.79 Å². The summed E-state index contributed by atoms with van der Waals surface area (Å²) in [6.45, 7) is 4.23. The zero-order valence-electron chi connectivity index (χ0n) is 21.1. The van der Waals surface area contributed by atoms with Gasteiger partial charge in [0.1, 0.15) is 0 Å². The van der Waals surface area contributed by atoms with Crippen LogP contribution in [-0.2, 0) is 9.63 Å². The van der Waals surface area contributed by atoms with Gasteiger partial charge in [-0.2, -0.15) is 0 Å². The number of nitrogens with zero attached hydrogens (tertiary/aromatic N) is 1. The second-order valence-corrected chi connectivity index (χ2v) is 11.0. The summed E-state index contributed by atoms with van der Waals surface area (Å²) in [5.41, 5.74) is 4.53. The summed E-state index contributed by atoms with van der Waals surface area (Å²) in [6.07, 6.45) is 8.34. The van der Waals surface area contributed by atoms with E-state index in [2.05, 4.69) is 29.5 Å². The first-order chi connectivity index (χ1) is 17.3. The van der Waals surface area contributed by atoms with Crippen LogP contribution in [0, 0.1) is 17.3 Å². The van der Waals surface area contributed by atoms with Crippen LogP contribution < -0.4 is 5.32 Å². The van der Waals surface area contributed by atoms with Gasteiger partial charge in [0, 0.05) is 24.3 Å². The standard InChI is InChI=1S/C29H36N2O5/c1-3-30-27(34)36-31-16-18-4-6-19(7-5-18)24-15-28(2)25(12-13-29(28,35)17-32)23-10-8-20-14-21(33)9-11-22(20)26(23)24/h4-7,14,16,23-25,32,35H,3,8-13,15,17H2,1-2H3,(H,30,34)/b31-16+/t23?,24-,25?,28+,29-/m1/s1. The van der Waals surface area contributed by atoms with Crippen LogP contribution in [0.2, 0.25) is 0 Å². The van der Waals surface area contributed by atoms with E-state index in [9.17, 15) is 19.8 Å². The Morgan fingerprint density at radius 2 is 2.00 bits per heavy atom. The topological polar surface area (TPSA) is 108 Å². The number of hydrogen-bond donors (Lipinski definition) is 3. The molecule has 192 valence electrons. The van der Waals surface area contributed by atoms with Crippen LogP contribution in [0.15, 0.2) is 52.2 Å². The van der Waals surface area contributed by atoms with E-state index in [0.717, 1.165) is 43.2 Å². The molecule has 0 bridgehead atoms. The van der Waals surface area contributed by atoms with Gasteiger partial charge in [0.15, 0.2) is 5.78 Å². The molecular weight excluding hydrogens is 456 g/mol. The van der Waals surface area contributed by atoms with Gasteiger partial charge in [-0.1, -0.05) is 41.9 Å². The largest absolute Gasteiger partial charge is 0.433 e. The number of amides is 1. The summed E-state index contributed by atoms with van der Waals surface area (Å²) in [4.78, 5) is 28.4. The highest BCUT2D eigenvalue weighted by Crippen LogP contribution is 2.66. The number of nitrogens with one attached hydrogen (secondary N) is 1. The molecule has 1 aromatic rings. The van der Waals surface area contributed by atoms with Crippen LogP contribution in [-0.4, -0.2) is 47.1 Å². The molecule has 0 aliphatic heterocycles. The highest BCUT2D eigenvalue weighted by atomic mass is 16.7. The summed E-state index contributed by atoms with van der Waals surface area (Å²) in [5, 5.41) is 28.0. The number of carbonyl (C=O) groups excluding carboxylic acids is 2. The molecule has 5 rings (SSSR count). The van der Waals surface area contributed by atoms with Gasteiger partial charge in [0.25, 0.3) is 0 Å². The Labute approximate surface area is 212 Å². The number of hydrogen-bond acceptors (Lipinski definition) is 6. The number of benzene rings is 1. The lowest BCUT2D eigenvalue weighted by molar-refractivity contribution is -0.120. The molecule has 7 heteroatoms. The van der Waals surface area contributed by atoms with Crippen molar-refractivity contribution >= 4 is 18.1 Å². The van der Waals surface area contributed by atoms with Crippen LogP contribution in [0.25, 0.3) is 0 Å². The van der Waals surface area contributed by atoms with Crippen molar-refractivity contribution in [3.05, 3.63) is 58.2 Å². The highest BCUT2D eigenvalue weighted by molar-refractivity contribution is 5.93. The summed E-state index contributed by atoms with van der Waals surface area (Å²) >= 11 is 0. The molecule has 2 fully saturated rings. The fourth-order valence-electron chi connectivity index (χ4n) is 7.44. The Balaban J connectivity index is 1.51. The first kappa shape index (κ1) is 24.9. The van der Waals surface area contributed by atoms with Crippen molar-refractivity contribution in [3.63, 3.8) is 0 Å². The Bertz CT molecular complexity index is 1140. The smallest absolute Gasteiger partial charge is 0.393 e. The van der Waals surface area contributed by atoms with Crippen LogP contribution >= 0.6 is 0 Å². The molecule has 0 spiro atoms. The summed E-state index contributed by atoms with van der Waals surface area (Å²) in [7, 11) is 0. The molecule has 0 heterocycles. The SMILES string of the molecule is CCNC(=O)O/N=C/c1ccc([C@H]2C[C@@]3(C)C(CC[C@@]3(O)CO)C3CCC4=CC(=O)CCC4=C32)cc1. The highest BCUT2D eigenvalue weighted by Gasteiger charge is 2.62. The minimum absolute atomic E-state index is 0.108. The molecule has 0 saturated heterocycles. The molecule has 3 N–H and O–H groups in total. The number of rotatable bonds is 5. The maximum absolute atomic E-state index is 12.2. The number of fused-ring (bicyclic) bond motifs is 4. The van der Waals surface area contributed by atoms with Crippen LogP contribution in [0.5, 0.6) is 0 Å². The molecule has 0 aromatic heterocycles. The quantitative estimate of drug-likeness (QED) is 0.321. The molecule has 4 aliphatic rings. The Hall–Kier alpha value is -2.77. The van der Waals surface area contributed by atoms with Gasteiger partial charge >= 0.3 is 6.09 Å². The summed E-state index contributed by atoms with van der Waals surface area (Å²) < 4.78 is 0. The zero-order valence-corrected chi connectivity index (χ0v) is 21.1. The van der Waals surface area contributed by atoms with E-state index in [0.29, 0.717) is 31.2 Å². The second-order valence-electron chi connectivity index (χ2n) is 11.0. The summed E-state index contributed by atoms with van der Waals surface area (Å²) in [5.74, 6) is 1.00. The lowest BCUT2D eigenvalue weighted by Crippen LogP contribution is -2.53. The van der Waals surface area contributed by atoms with Crippen molar-refractivity contribution in [1.82, 2.24) is 5.32 Å². The van der Waals surface area contributed by atoms with Crippen LogP contribution in [0.1, 0.15) is 75.8 Å². The number of aliphatic hydroxyl groups excluding tert-OH is 1. The van der Waals surface area contributed by atoms with E-state index in [4.69, 9.17) is 4.84 Å². The molecule has 0 radical (unpaired) electrons. The van der Waals surface area contributed by atoms with Crippen molar-refractivity contribution in [3.8, 4) is 0 Å². The van der Waals surface area contributed by atoms with Crippen molar-refractivity contribution in [1.29, 1.82) is 0 Å². The molecule has 4 aliphatic carbocycles.